The van der Waals surface area contributed by atoms with Crippen LogP contribution >= 0.6 is 0 Å². The lowest BCUT2D eigenvalue weighted by molar-refractivity contribution is 0.0695. The van der Waals surface area contributed by atoms with Crippen LogP contribution in [0.5, 0.6) is 0 Å². The minimum absolute atomic E-state index is 0.109. The number of fused-ring (bicyclic) bond motifs is 1. The summed E-state index contributed by atoms with van der Waals surface area (Å²) in [5.41, 5.74) is 0.357. The second-order valence-electron chi connectivity index (χ2n) is 6.75. The average molecular weight is 330 g/mol. The van der Waals surface area contributed by atoms with Gasteiger partial charge in [-0.25, -0.2) is 0 Å². The summed E-state index contributed by atoms with van der Waals surface area (Å²) in [5, 5.41) is 12.6. The Balaban J connectivity index is 1.49. The van der Waals surface area contributed by atoms with Crippen LogP contribution in [-0.2, 0) is 13.1 Å². The van der Waals surface area contributed by atoms with E-state index >= 15 is 0 Å². The van der Waals surface area contributed by atoms with Crippen molar-refractivity contribution in [1.82, 2.24) is 29.7 Å². The number of hydrogen-bond donors (Lipinski definition) is 0. The second-order valence-corrected chi connectivity index (χ2v) is 6.75. The first-order valence-electron chi connectivity index (χ1n) is 8.45. The van der Waals surface area contributed by atoms with Crippen LogP contribution in [-0.4, -0.2) is 62.3 Å². The summed E-state index contributed by atoms with van der Waals surface area (Å²) in [7, 11) is 2.16. The molecule has 0 saturated carbocycles. The Bertz CT molecular complexity index is 744. The molecule has 2 aliphatic rings. The molecule has 1 saturated heterocycles. The fraction of sp³-hybridized carbons (Fsp3) is 0.625. The first-order chi connectivity index (χ1) is 11.6. The maximum atomic E-state index is 12.5. The Labute approximate surface area is 140 Å². The van der Waals surface area contributed by atoms with E-state index in [1.807, 2.05) is 0 Å². The highest BCUT2D eigenvalue weighted by molar-refractivity contribution is 5.92. The fourth-order valence-electron chi connectivity index (χ4n) is 3.55. The summed E-state index contributed by atoms with van der Waals surface area (Å²) in [6, 6.07) is 1.67. The van der Waals surface area contributed by atoms with E-state index in [0.29, 0.717) is 30.5 Å². The van der Waals surface area contributed by atoms with E-state index in [0.717, 1.165) is 44.1 Å². The molecule has 0 radical (unpaired) electrons. The zero-order chi connectivity index (χ0) is 16.7. The molecule has 0 aliphatic carbocycles. The fourth-order valence-corrected chi connectivity index (χ4v) is 3.55. The third kappa shape index (κ3) is 2.71. The lowest BCUT2D eigenvalue weighted by atomic mass is 9.96. The highest BCUT2D eigenvalue weighted by Crippen LogP contribution is 2.28. The van der Waals surface area contributed by atoms with Gasteiger partial charge >= 0.3 is 0 Å². The zero-order valence-corrected chi connectivity index (χ0v) is 14.1. The molecule has 8 nitrogen and oxygen atoms in total. The Morgan fingerprint density at radius 1 is 1.21 bits per heavy atom. The van der Waals surface area contributed by atoms with E-state index in [9.17, 15) is 4.79 Å². The summed E-state index contributed by atoms with van der Waals surface area (Å²) in [4.78, 5) is 16.6. The minimum Gasteiger partial charge on any atom is -0.361 e. The number of aryl methyl sites for hydroxylation is 1. The summed E-state index contributed by atoms with van der Waals surface area (Å²) < 4.78 is 7.21. The summed E-state index contributed by atoms with van der Waals surface area (Å²) in [5.74, 6) is 2.96. The first-order valence-corrected chi connectivity index (χ1v) is 8.45. The normalized spacial score (nSPS) is 19.5. The van der Waals surface area contributed by atoms with Crippen molar-refractivity contribution in [1.29, 1.82) is 0 Å². The van der Waals surface area contributed by atoms with Gasteiger partial charge in [0.2, 0.25) is 0 Å². The number of nitrogens with zero attached hydrogens (tertiary/aromatic N) is 6. The molecule has 2 aromatic rings. The number of hydrogen-bond acceptors (Lipinski definition) is 6. The van der Waals surface area contributed by atoms with Gasteiger partial charge in [-0.15, -0.1) is 10.2 Å². The van der Waals surface area contributed by atoms with Crippen LogP contribution in [0.3, 0.4) is 0 Å². The number of piperidine rings is 1. The molecule has 128 valence electrons. The quantitative estimate of drug-likeness (QED) is 0.818. The molecule has 2 aliphatic heterocycles. The van der Waals surface area contributed by atoms with E-state index in [2.05, 4.69) is 31.9 Å². The van der Waals surface area contributed by atoms with E-state index in [4.69, 9.17) is 4.52 Å². The first kappa shape index (κ1) is 15.3. The number of aromatic nitrogens is 4. The van der Waals surface area contributed by atoms with E-state index in [1.165, 1.54) is 0 Å². The van der Waals surface area contributed by atoms with Gasteiger partial charge < -0.3 is 18.9 Å². The van der Waals surface area contributed by atoms with Gasteiger partial charge in [0.25, 0.3) is 5.91 Å². The standard InChI is InChI=1S/C16H22N6O2/c1-11-9-13(19-24-11)16(23)21-7-8-22-14(10-21)17-18-15(22)12-3-5-20(2)6-4-12/h9,12H,3-8,10H2,1-2H3. The lowest BCUT2D eigenvalue weighted by Gasteiger charge is -2.31. The molecule has 0 aromatic carbocycles. The van der Waals surface area contributed by atoms with Gasteiger partial charge in [0.1, 0.15) is 11.6 Å². The van der Waals surface area contributed by atoms with Gasteiger partial charge in [0.15, 0.2) is 11.5 Å². The van der Waals surface area contributed by atoms with Crippen LogP contribution in [0.25, 0.3) is 0 Å². The molecule has 0 N–H and O–H groups in total. The maximum Gasteiger partial charge on any atom is 0.276 e. The topological polar surface area (TPSA) is 80.3 Å². The number of likely N-dealkylation sites (tertiary alicyclic amines) is 1. The number of carbonyl (C=O) groups is 1. The van der Waals surface area contributed by atoms with Gasteiger partial charge in [0, 0.05) is 25.1 Å². The van der Waals surface area contributed by atoms with Crippen LogP contribution in [0.1, 0.15) is 46.7 Å². The molecule has 1 amide bonds. The van der Waals surface area contributed by atoms with E-state index in [1.54, 1.807) is 17.9 Å². The molecular formula is C16H22N6O2. The molecule has 0 atom stereocenters. The van der Waals surface area contributed by atoms with Crippen molar-refractivity contribution < 1.29 is 9.32 Å². The SMILES string of the molecule is Cc1cc(C(=O)N2CCn3c(nnc3C3CCN(C)CC3)C2)no1. The van der Waals surface area contributed by atoms with Crippen molar-refractivity contribution in [2.24, 2.45) is 0 Å². The number of carbonyl (C=O) groups excluding carboxylic acids is 1. The van der Waals surface area contributed by atoms with Crippen molar-refractivity contribution in [2.75, 3.05) is 26.7 Å². The van der Waals surface area contributed by atoms with Crippen LogP contribution in [0.15, 0.2) is 10.6 Å². The van der Waals surface area contributed by atoms with Crippen molar-refractivity contribution in [3.8, 4) is 0 Å². The Kier molecular flexibility index (Phi) is 3.84. The van der Waals surface area contributed by atoms with Gasteiger partial charge in [0.05, 0.1) is 6.54 Å². The molecule has 1 fully saturated rings. The Hall–Kier alpha value is -2.22. The van der Waals surface area contributed by atoms with Crippen LogP contribution < -0.4 is 0 Å². The van der Waals surface area contributed by atoms with Gasteiger partial charge in [-0.05, 0) is 39.9 Å². The zero-order valence-electron chi connectivity index (χ0n) is 14.1. The highest BCUT2D eigenvalue weighted by atomic mass is 16.5. The molecule has 24 heavy (non-hydrogen) atoms. The number of rotatable bonds is 2. The summed E-state index contributed by atoms with van der Waals surface area (Å²) in [6.45, 7) is 5.85. The average Bonchev–Trinajstić information content (AvgIpc) is 3.20. The van der Waals surface area contributed by atoms with Gasteiger partial charge in [-0.1, -0.05) is 5.16 Å². The van der Waals surface area contributed by atoms with E-state index in [-0.39, 0.29) is 5.91 Å². The maximum absolute atomic E-state index is 12.5. The largest absolute Gasteiger partial charge is 0.361 e. The summed E-state index contributed by atoms with van der Waals surface area (Å²) >= 11 is 0. The molecule has 0 spiro atoms. The molecule has 4 rings (SSSR count). The monoisotopic (exact) mass is 330 g/mol. The predicted molar refractivity (Wildman–Crippen MR) is 85.5 cm³/mol. The number of amides is 1. The molecular weight excluding hydrogens is 308 g/mol. The van der Waals surface area contributed by atoms with Crippen LogP contribution in [0, 0.1) is 6.92 Å². The molecule has 8 heteroatoms. The summed E-state index contributed by atoms with van der Waals surface area (Å²) in [6.07, 6.45) is 2.24. The van der Waals surface area contributed by atoms with E-state index < -0.39 is 0 Å². The van der Waals surface area contributed by atoms with Gasteiger partial charge in [-0.3, -0.25) is 4.79 Å². The van der Waals surface area contributed by atoms with Crippen molar-refractivity contribution in [2.45, 2.75) is 38.8 Å². The third-order valence-electron chi connectivity index (χ3n) is 5.00. The molecule has 2 aromatic heterocycles. The Morgan fingerprint density at radius 2 is 2.00 bits per heavy atom. The van der Waals surface area contributed by atoms with Crippen molar-refractivity contribution in [3.05, 3.63) is 29.2 Å². The van der Waals surface area contributed by atoms with Crippen LogP contribution in [0.2, 0.25) is 0 Å². The Morgan fingerprint density at radius 3 is 2.71 bits per heavy atom. The molecule has 4 heterocycles. The third-order valence-corrected chi connectivity index (χ3v) is 5.00. The van der Waals surface area contributed by atoms with Gasteiger partial charge in [-0.2, -0.15) is 0 Å². The molecule has 0 unspecified atom stereocenters. The van der Waals surface area contributed by atoms with Crippen molar-refractivity contribution in [3.63, 3.8) is 0 Å². The second kappa shape index (κ2) is 6.01. The smallest absolute Gasteiger partial charge is 0.276 e. The minimum atomic E-state index is -0.109. The highest BCUT2D eigenvalue weighted by Gasteiger charge is 2.30. The lowest BCUT2D eigenvalue weighted by Crippen LogP contribution is -2.39. The van der Waals surface area contributed by atoms with Crippen LogP contribution in [0.4, 0.5) is 0 Å². The molecule has 0 bridgehead atoms. The van der Waals surface area contributed by atoms with Crippen molar-refractivity contribution >= 4 is 5.91 Å². The predicted octanol–water partition coefficient (Wildman–Crippen LogP) is 1.04.